The molecule has 0 N–H and O–H groups in total. The molecule has 0 aliphatic heterocycles. The fourth-order valence-electron chi connectivity index (χ4n) is 1.57. The molecule has 1 atom stereocenters. The van der Waals surface area contributed by atoms with Crippen LogP contribution in [0.2, 0.25) is 5.02 Å². The molecule has 0 heterocycles. The minimum atomic E-state index is -3.68. The molecule has 6 heteroatoms. The molecule has 0 aliphatic carbocycles. The standard InChI is InChI=1S/C12H14Cl2O3S/c1-3-12(14,18(16,17)4-2)11(15)9-5-7-10(13)8-6-9/h5-8H,3-4H2,1-2H3/t12-/m1/s1. The van der Waals surface area contributed by atoms with Crippen molar-refractivity contribution in [2.75, 3.05) is 5.75 Å². The maximum absolute atomic E-state index is 12.3. The summed E-state index contributed by atoms with van der Waals surface area (Å²) in [6.45, 7) is 3.05. The second-order valence-electron chi connectivity index (χ2n) is 3.82. The van der Waals surface area contributed by atoms with Crippen LogP contribution in [-0.2, 0) is 9.84 Å². The lowest BCUT2D eigenvalue weighted by Crippen LogP contribution is -2.41. The van der Waals surface area contributed by atoms with Crippen LogP contribution in [0.1, 0.15) is 30.6 Å². The van der Waals surface area contributed by atoms with Gasteiger partial charge in [0.05, 0.1) is 0 Å². The van der Waals surface area contributed by atoms with Crippen LogP contribution in [0.25, 0.3) is 0 Å². The van der Waals surface area contributed by atoms with Crippen molar-refractivity contribution in [1.82, 2.24) is 0 Å². The largest absolute Gasteiger partial charge is 0.291 e. The number of sulfone groups is 1. The molecular formula is C12H14Cl2O3S. The predicted molar refractivity (Wildman–Crippen MR) is 74.1 cm³/mol. The highest BCUT2D eigenvalue weighted by Gasteiger charge is 2.46. The van der Waals surface area contributed by atoms with E-state index in [1.54, 1.807) is 6.92 Å². The quantitative estimate of drug-likeness (QED) is 0.619. The van der Waals surface area contributed by atoms with Crippen molar-refractivity contribution < 1.29 is 13.2 Å². The summed E-state index contributed by atoms with van der Waals surface area (Å²) in [6, 6.07) is 6.01. The van der Waals surface area contributed by atoms with Gasteiger partial charge in [-0.2, -0.15) is 0 Å². The molecule has 1 rings (SSSR count). The molecule has 0 fully saturated rings. The molecule has 1 aromatic rings. The van der Waals surface area contributed by atoms with Crippen molar-refractivity contribution in [1.29, 1.82) is 0 Å². The summed E-state index contributed by atoms with van der Waals surface area (Å²) >= 11 is 11.8. The van der Waals surface area contributed by atoms with Gasteiger partial charge in [0.1, 0.15) is 0 Å². The number of ketones is 1. The Balaban J connectivity index is 3.26. The molecule has 3 nitrogen and oxygen atoms in total. The van der Waals surface area contributed by atoms with Gasteiger partial charge in [0.2, 0.25) is 4.21 Å². The number of carbonyl (C=O) groups is 1. The van der Waals surface area contributed by atoms with Gasteiger partial charge in [-0.1, -0.05) is 37.0 Å². The van der Waals surface area contributed by atoms with Gasteiger partial charge in [-0.25, -0.2) is 8.42 Å². The maximum atomic E-state index is 12.3. The first-order valence-corrected chi connectivity index (χ1v) is 7.91. The summed E-state index contributed by atoms with van der Waals surface area (Å²) in [5.41, 5.74) is 0.244. The Kier molecular flexibility index (Phi) is 4.81. The third-order valence-electron chi connectivity index (χ3n) is 2.77. The van der Waals surface area contributed by atoms with Crippen LogP contribution in [0.15, 0.2) is 24.3 Å². The van der Waals surface area contributed by atoms with Gasteiger partial charge in [-0.15, -0.1) is 0 Å². The van der Waals surface area contributed by atoms with E-state index >= 15 is 0 Å². The zero-order chi connectivity index (χ0) is 14.0. The third-order valence-corrected chi connectivity index (χ3v) is 6.39. The number of hydrogen-bond acceptors (Lipinski definition) is 3. The van der Waals surface area contributed by atoms with Crippen LogP contribution in [0.4, 0.5) is 0 Å². The molecule has 0 bridgehead atoms. The average molecular weight is 309 g/mol. The average Bonchev–Trinajstić information content (AvgIpc) is 2.37. The molecule has 100 valence electrons. The lowest BCUT2D eigenvalue weighted by Gasteiger charge is -2.23. The molecular weight excluding hydrogens is 295 g/mol. The van der Waals surface area contributed by atoms with Gasteiger partial charge in [-0.3, -0.25) is 4.79 Å². The van der Waals surface area contributed by atoms with Crippen LogP contribution < -0.4 is 0 Å². The van der Waals surface area contributed by atoms with E-state index in [0.717, 1.165) is 0 Å². The number of Topliss-reactive ketones (excluding diaryl/α,β-unsaturated/α-hetero) is 1. The van der Waals surface area contributed by atoms with Crippen LogP contribution in [0.3, 0.4) is 0 Å². The molecule has 0 amide bonds. The van der Waals surface area contributed by atoms with Crippen LogP contribution in [0.5, 0.6) is 0 Å². The van der Waals surface area contributed by atoms with Crippen LogP contribution in [0, 0.1) is 0 Å². The van der Waals surface area contributed by atoms with Gasteiger partial charge < -0.3 is 0 Å². The maximum Gasteiger partial charge on any atom is 0.207 e. The van der Waals surface area contributed by atoms with Gasteiger partial charge >= 0.3 is 0 Å². The number of benzene rings is 1. The van der Waals surface area contributed by atoms with Crippen molar-refractivity contribution in [3.8, 4) is 0 Å². The lowest BCUT2D eigenvalue weighted by atomic mass is 10.1. The van der Waals surface area contributed by atoms with Gasteiger partial charge in [0, 0.05) is 16.3 Å². The Hall–Kier alpha value is -0.580. The predicted octanol–water partition coefficient (Wildman–Crippen LogP) is 3.30. The van der Waals surface area contributed by atoms with Crippen molar-refractivity contribution in [2.24, 2.45) is 0 Å². The van der Waals surface area contributed by atoms with E-state index in [1.807, 2.05) is 0 Å². The molecule has 18 heavy (non-hydrogen) atoms. The SMILES string of the molecule is CC[C@](Cl)(C(=O)c1ccc(Cl)cc1)S(=O)(=O)CC. The molecule has 0 saturated carbocycles. The second-order valence-corrected chi connectivity index (χ2v) is 7.63. The van der Waals surface area contributed by atoms with Gasteiger partial charge in [0.15, 0.2) is 15.6 Å². The normalized spacial score (nSPS) is 15.1. The smallest absolute Gasteiger partial charge is 0.207 e. The zero-order valence-corrected chi connectivity index (χ0v) is 12.4. The summed E-state index contributed by atoms with van der Waals surface area (Å²) in [5.74, 6) is -0.783. The highest BCUT2D eigenvalue weighted by atomic mass is 35.5. The number of hydrogen-bond donors (Lipinski definition) is 0. The highest BCUT2D eigenvalue weighted by Crippen LogP contribution is 2.32. The molecule has 0 aliphatic rings. The molecule has 0 spiro atoms. The van der Waals surface area contributed by atoms with Crippen molar-refractivity contribution >= 4 is 38.8 Å². The zero-order valence-electron chi connectivity index (χ0n) is 10.1. The summed E-state index contributed by atoms with van der Waals surface area (Å²) in [7, 11) is -3.68. The first-order chi connectivity index (χ1) is 8.28. The number of halogens is 2. The van der Waals surface area contributed by atoms with E-state index in [4.69, 9.17) is 23.2 Å². The molecule has 0 aromatic heterocycles. The fourth-order valence-corrected chi connectivity index (χ4v) is 3.43. The van der Waals surface area contributed by atoms with E-state index < -0.39 is 19.8 Å². The van der Waals surface area contributed by atoms with E-state index in [9.17, 15) is 13.2 Å². The van der Waals surface area contributed by atoms with E-state index in [0.29, 0.717) is 5.02 Å². The molecule has 0 saturated heterocycles. The Bertz CT molecular complexity index is 537. The Labute approximate surface area is 117 Å². The second kappa shape index (κ2) is 5.59. The molecule has 1 aromatic carbocycles. The van der Waals surface area contributed by atoms with E-state index in [2.05, 4.69) is 0 Å². The minimum absolute atomic E-state index is 0.0200. The van der Waals surface area contributed by atoms with E-state index in [1.165, 1.54) is 31.2 Å². The number of rotatable bonds is 5. The number of alkyl halides is 1. The first-order valence-electron chi connectivity index (χ1n) is 5.50. The van der Waals surface area contributed by atoms with E-state index in [-0.39, 0.29) is 17.7 Å². The summed E-state index contributed by atoms with van der Waals surface area (Å²) < 4.78 is 22.0. The third kappa shape index (κ3) is 2.71. The molecule has 0 radical (unpaired) electrons. The van der Waals surface area contributed by atoms with Crippen molar-refractivity contribution in [3.63, 3.8) is 0 Å². The fraction of sp³-hybridized carbons (Fsp3) is 0.417. The monoisotopic (exact) mass is 308 g/mol. The van der Waals surface area contributed by atoms with Gasteiger partial charge in [0.25, 0.3) is 0 Å². The summed E-state index contributed by atoms with van der Waals surface area (Å²) in [4.78, 5) is 12.3. The number of carbonyl (C=O) groups excluding carboxylic acids is 1. The Morgan fingerprint density at radius 3 is 2.11 bits per heavy atom. The summed E-state index contributed by atoms with van der Waals surface area (Å²) in [5, 5.41) is 0.474. The Morgan fingerprint density at radius 1 is 1.22 bits per heavy atom. The lowest BCUT2D eigenvalue weighted by molar-refractivity contribution is 0.0970. The van der Waals surface area contributed by atoms with Crippen molar-refractivity contribution in [3.05, 3.63) is 34.9 Å². The minimum Gasteiger partial charge on any atom is -0.291 e. The Morgan fingerprint density at radius 2 is 1.72 bits per heavy atom. The first kappa shape index (κ1) is 15.5. The van der Waals surface area contributed by atoms with Crippen molar-refractivity contribution in [2.45, 2.75) is 24.5 Å². The topological polar surface area (TPSA) is 51.2 Å². The molecule has 0 unspecified atom stereocenters. The van der Waals surface area contributed by atoms with Crippen LogP contribution >= 0.6 is 23.2 Å². The summed E-state index contributed by atoms with van der Waals surface area (Å²) in [6.07, 6.45) is 0.0200. The highest BCUT2D eigenvalue weighted by molar-refractivity contribution is 7.95. The van der Waals surface area contributed by atoms with Crippen LogP contribution in [-0.4, -0.2) is 24.2 Å². The van der Waals surface area contributed by atoms with Gasteiger partial charge in [-0.05, 0) is 30.7 Å².